The molecule has 0 radical (unpaired) electrons. The first-order valence-corrected chi connectivity index (χ1v) is 7.71. The molecule has 0 bridgehead atoms. The van der Waals surface area contributed by atoms with Crippen molar-refractivity contribution in [3.63, 3.8) is 0 Å². The monoisotopic (exact) mass is 241 g/mol. The molecule has 0 saturated carbocycles. The van der Waals surface area contributed by atoms with Gasteiger partial charge in [-0.05, 0) is 36.3 Å². The normalized spacial score (nSPS) is 10.3. The number of thioether (sulfide) groups is 2. The highest BCUT2D eigenvalue weighted by molar-refractivity contribution is 7.99. The molecule has 0 spiro atoms. The first-order valence-electron chi connectivity index (χ1n) is 5.33. The van der Waals surface area contributed by atoms with E-state index in [-0.39, 0.29) is 0 Å². The van der Waals surface area contributed by atoms with Crippen molar-refractivity contribution in [2.24, 2.45) is 0 Å². The standard InChI is InChI=1S/C12H19NS2/c1-3-15-10-6-9-13-11-7-4-5-8-12(11)14-2/h4-5,7-8,13H,3,6,9-10H2,1-2H3. The molecule has 0 amide bonds. The Balaban J connectivity index is 2.30. The zero-order valence-electron chi connectivity index (χ0n) is 9.45. The van der Waals surface area contributed by atoms with E-state index >= 15 is 0 Å². The van der Waals surface area contributed by atoms with E-state index in [1.54, 1.807) is 11.8 Å². The lowest BCUT2D eigenvalue weighted by atomic mass is 10.3. The minimum absolute atomic E-state index is 1.07. The molecule has 0 fully saturated rings. The van der Waals surface area contributed by atoms with Crippen LogP contribution in [-0.4, -0.2) is 24.3 Å². The number of hydrogen-bond acceptors (Lipinski definition) is 3. The van der Waals surface area contributed by atoms with Gasteiger partial charge >= 0.3 is 0 Å². The Bertz CT molecular complexity index is 276. The van der Waals surface area contributed by atoms with E-state index in [0.717, 1.165) is 6.54 Å². The van der Waals surface area contributed by atoms with Crippen molar-refractivity contribution in [1.82, 2.24) is 0 Å². The van der Waals surface area contributed by atoms with Crippen molar-refractivity contribution in [3.8, 4) is 0 Å². The highest BCUT2D eigenvalue weighted by Crippen LogP contribution is 2.24. The van der Waals surface area contributed by atoms with Crippen LogP contribution in [0.4, 0.5) is 5.69 Å². The summed E-state index contributed by atoms with van der Waals surface area (Å²) < 4.78 is 0. The molecule has 0 saturated heterocycles. The van der Waals surface area contributed by atoms with Gasteiger partial charge in [-0.3, -0.25) is 0 Å². The largest absolute Gasteiger partial charge is 0.384 e. The van der Waals surface area contributed by atoms with Gasteiger partial charge in [-0.1, -0.05) is 19.1 Å². The molecule has 0 aromatic heterocycles. The fourth-order valence-electron chi connectivity index (χ4n) is 1.33. The van der Waals surface area contributed by atoms with Crippen molar-refractivity contribution < 1.29 is 0 Å². The van der Waals surface area contributed by atoms with E-state index < -0.39 is 0 Å². The topological polar surface area (TPSA) is 12.0 Å². The minimum Gasteiger partial charge on any atom is -0.384 e. The van der Waals surface area contributed by atoms with Crippen LogP contribution >= 0.6 is 23.5 Å². The molecule has 0 aliphatic heterocycles. The highest BCUT2D eigenvalue weighted by Gasteiger charge is 1.98. The van der Waals surface area contributed by atoms with Crippen LogP contribution in [0.15, 0.2) is 29.2 Å². The lowest BCUT2D eigenvalue weighted by molar-refractivity contribution is 0.986. The first-order chi connectivity index (χ1) is 7.38. The molecule has 0 aliphatic rings. The summed E-state index contributed by atoms with van der Waals surface area (Å²) in [6, 6.07) is 8.49. The number of para-hydroxylation sites is 1. The maximum Gasteiger partial charge on any atom is 0.0478 e. The smallest absolute Gasteiger partial charge is 0.0478 e. The van der Waals surface area contributed by atoms with E-state index in [1.165, 1.54) is 28.5 Å². The molecule has 0 aliphatic carbocycles. The molecule has 1 nitrogen and oxygen atoms in total. The van der Waals surface area contributed by atoms with Crippen LogP contribution in [0, 0.1) is 0 Å². The number of nitrogens with one attached hydrogen (secondary N) is 1. The van der Waals surface area contributed by atoms with Crippen LogP contribution in [0.3, 0.4) is 0 Å². The van der Waals surface area contributed by atoms with Gasteiger partial charge in [-0.15, -0.1) is 11.8 Å². The average molecular weight is 241 g/mol. The molecular weight excluding hydrogens is 222 g/mol. The summed E-state index contributed by atoms with van der Waals surface area (Å²) in [4.78, 5) is 1.33. The summed E-state index contributed by atoms with van der Waals surface area (Å²) in [6.07, 6.45) is 3.36. The van der Waals surface area contributed by atoms with Gasteiger partial charge in [0.15, 0.2) is 0 Å². The van der Waals surface area contributed by atoms with Crippen LogP contribution in [0.25, 0.3) is 0 Å². The maximum absolute atomic E-state index is 3.49. The molecule has 1 N–H and O–H groups in total. The third-order valence-electron chi connectivity index (χ3n) is 2.09. The number of hydrogen-bond donors (Lipinski definition) is 1. The Kier molecular flexibility index (Phi) is 6.77. The number of rotatable bonds is 7. The molecule has 0 heterocycles. The van der Waals surface area contributed by atoms with E-state index in [9.17, 15) is 0 Å². The van der Waals surface area contributed by atoms with Crippen LogP contribution in [0.1, 0.15) is 13.3 Å². The predicted octanol–water partition coefficient (Wildman–Crippen LogP) is 3.96. The van der Waals surface area contributed by atoms with Gasteiger partial charge in [0, 0.05) is 17.1 Å². The SMILES string of the molecule is CCSCCCNc1ccccc1SC. The maximum atomic E-state index is 3.49. The summed E-state index contributed by atoms with van der Waals surface area (Å²) >= 11 is 3.80. The molecule has 3 heteroatoms. The highest BCUT2D eigenvalue weighted by atomic mass is 32.2. The van der Waals surface area contributed by atoms with E-state index in [4.69, 9.17) is 0 Å². The number of anilines is 1. The van der Waals surface area contributed by atoms with Gasteiger partial charge in [-0.25, -0.2) is 0 Å². The molecular formula is C12H19NS2. The Morgan fingerprint density at radius 1 is 1.27 bits per heavy atom. The zero-order valence-corrected chi connectivity index (χ0v) is 11.1. The minimum atomic E-state index is 1.07. The molecule has 0 unspecified atom stereocenters. The molecule has 1 aromatic rings. The van der Waals surface area contributed by atoms with Crippen LogP contribution in [0.2, 0.25) is 0 Å². The van der Waals surface area contributed by atoms with Gasteiger partial charge in [0.05, 0.1) is 0 Å². The fraction of sp³-hybridized carbons (Fsp3) is 0.500. The Morgan fingerprint density at radius 3 is 2.80 bits per heavy atom. The summed E-state index contributed by atoms with van der Waals surface area (Å²) in [6.45, 7) is 3.28. The second kappa shape index (κ2) is 7.94. The predicted molar refractivity (Wildman–Crippen MR) is 74.3 cm³/mol. The van der Waals surface area contributed by atoms with Crippen molar-refractivity contribution in [3.05, 3.63) is 24.3 Å². The zero-order chi connectivity index (χ0) is 10.9. The Labute approximate surface area is 101 Å². The van der Waals surface area contributed by atoms with Crippen molar-refractivity contribution in [2.75, 3.05) is 29.6 Å². The van der Waals surface area contributed by atoms with Gasteiger partial charge in [0.1, 0.15) is 0 Å². The van der Waals surface area contributed by atoms with Crippen LogP contribution < -0.4 is 5.32 Å². The Hall–Kier alpha value is -0.280. The third kappa shape index (κ3) is 4.85. The van der Waals surface area contributed by atoms with E-state index in [2.05, 4.69) is 42.8 Å². The second-order valence-electron chi connectivity index (χ2n) is 3.18. The quantitative estimate of drug-likeness (QED) is 0.573. The molecule has 0 atom stereocenters. The van der Waals surface area contributed by atoms with Crippen LogP contribution in [0.5, 0.6) is 0 Å². The summed E-state index contributed by atoms with van der Waals surface area (Å²) in [5, 5.41) is 3.49. The summed E-state index contributed by atoms with van der Waals surface area (Å²) in [5.41, 5.74) is 1.27. The molecule has 15 heavy (non-hydrogen) atoms. The lowest BCUT2D eigenvalue weighted by Gasteiger charge is -2.09. The van der Waals surface area contributed by atoms with Crippen molar-refractivity contribution >= 4 is 29.2 Å². The summed E-state index contributed by atoms with van der Waals surface area (Å²) in [7, 11) is 0. The Morgan fingerprint density at radius 2 is 2.07 bits per heavy atom. The van der Waals surface area contributed by atoms with Gasteiger partial charge in [-0.2, -0.15) is 11.8 Å². The van der Waals surface area contributed by atoms with Crippen molar-refractivity contribution in [1.29, 1.82) is 0 Å². The third-order valence-corrected chi connectivity index (χ3v) is 3.87. The molecule has 1 rings (SSSR count). The van der Waals surface area contributed by atoms with Crippen LogP contribution in [-0.2, 0) is 0 Å². The first kappa shape index (κ1) is 12.8. The van der Waals surface area contributed by atoms with Gasteiger partial charge in [0.25, 0.3) is 0 Å². The fourth-order valence-corrected chi connectivity index (χ4v) is 2.54. The molecule has 1 aromatic carbocycles. The van der Waals surface area contributed by atoms with E-state index in [0.29, 0.717) is 0 Å². The van der Waals surface area contributed by atoms with Gasteiger partial charge < -0.3 is 5.32 Å². The summed E-state index contributed by atoms with van der Waals surface area (Å²) in [5.74, 6) is 2.48. The lowest BCUT2D eigenvalue weighted by Crippen LogP contribution is -2.03. The second-order valence-corrected chi connectivity index (χ2v) is 5.42. The molecule has 84 valence electrons. The average Bonchev–Trinajstić information content (AvgIpc) is 2.29. The van der Waals surface area contributed by atoms with Gasteiger partial charge in [0.2, 0.25) is 0 Å². The van der Waals surface area contributed by atoms with E-state index in [1.807, 2.05) is 11.8 Å². The number of benzene rings is 1. The van der Waals surface area contributed by atoms with Crippen molar-refractivity contribution in [2.45, 2.75) is 18.2 Å².